The first-order valence-electron chi connectivity index (χ1n) is 7.00. The predicted molar refractivity (Wildman–Crippen MR) is 85.5 cm³/mol. The molecule has 0 bridgehead atoms. The zero-order valence-corrected chi connectivity index (χ0v) is 13.4. The van der Waals surface area contributed by atoms with Gasteiger partial charge in [0.15, 0.2) is 0 Å². The zero-order valence-electron chi connectivity index (χ0n) is 12.6. The minimum Gasteiger partial charge on any atom is -0.398 e. The Morgan fingerprint density at radius 2 is 2.05 bits per heavy atom. The van der Waals surface area contributed by atoms with E-state index in [1.54, 1.807) is 31.4 Å². The number of rotatable bonds is 5. The molecule has 6 heteroatoms. The Labute approximate surface area is 125 Å². The van der Waals surface area contributed by atoms with Crippen LogP contribution in [0.15, 0.2) is 35.4 Å². The lowest BCUT2D eigenvalue weighted by Gasteiger charge is -2.24. The first-order valence-corrected chi connectivity index (χ1v) is 8.44. The molecule has 0 aliphatic heterocycles. The van der Waals surface area contributed by atoms with E-state index in [1.807, 2.05) is 13.8 Å². The quantitative estimate of drug-likeness (QED) is 0.862. The van der Waals surface area contributed by atoms with Gasteiger partial charge in [-0.15, -0.1) is 0 Å². The summed E-state index contributed by atoms with van der Waals surface area (Å²) >= 11 is 0. The van der Waals surface area contributed by atoms with Crippen molar-refractivity contribution in [2.45, 2.75) is 37.6 Å². The molecule has 0 saturated carbocycles. The van der Waals surface area contributed by atoms with Gasteiger partial charge in [0.25, 0.3) is 0 Å². The van der Waals surface area contributed by atoms with E-state index in [1.165, 1.54) is 10.4 Å². The van der Waals surface area contributed by atoms with Crippen molar-refractivity contribution >= 4 is 26.6 Å². The van der Waals surface area contributed by atoms with Gasteiger partial charge >= 0.3 is 0 Å². The van der Waals surface area contributed by atoms with Crippen molar-refractivity contribution < 1.29 is 8.42 Å². The smallest absolute Gasteiger partial charge is 0.245 e. The molecule has 1 heterocycles. The molecule has 0 spiro atoms. The van der Waals surface area contributed by atoms with Crippen molar-refractivity contribution in [2.24, 2.45) is 0 Å². The van der Waals surface area contributed by atoms with E-state index >= 15 is 0 Å². The maximum atomic E-state index is 12.8. The van der Waals surface area contributed by atoms with Crippen LogP contribution in [0.5, 0.6) is 0 Å². The van der Waals surface area contributed by atoms with Crippen LogP contribution in [0.1, 0.15) is 26.7 Å². The normalized spacial score (nSPS) is 13.7. The average molecular weight is 307 g/mol. The third kappa shape index (κ3) is 2.87. The first-order chi connectivity index (χ1) is 9.89. The molecule has 1 aromatic heterocycles. The van der Waals surface area contributed by atoms with Crippen LogP contribution in [0, 0.1) is 0 Å². The van der Waals surface area contributed by atoms with Gasteiger partial charge in [0.2, 0.25) is 10.0 Å². The topological polar surface area (TPSA) is 76.3 Å². The molecule has 5 nitrogen and oxygen atoms in total. The molecule has 2 aromatic rings. The number of pyridine rings is 1. The van der Waals surface area contributed by atoms with E-state index in [0.29, 0.717) is 16.6 Å². The van der Waals surface area contributed by atoms with Gasteiger partial charge in [0, 0.05) is 30.4 Å². The van der Waals surface area contributed by atoms with Gasteiger partial charge in [-0.25, -0.2) is 8.42 Å². The van der Waals surface area contributed by atoms with Gasteiger partial charge in [-0.3, -0.25) is 4.98 Å². The number of aromatic nitrogens is 1. The Hall–Kier alpha value is -1.66. The molecule has 0 saturated heterocycles. The Bertz CT molecular complexity index is 744. The highest BCUT2D eigenvalue weighted by Crippen LogP contribution is 2.28. The SMILES string of the molecule is CCCC(C)N(C)S(=O)(=O)c1ccc(N)c2cccnc12. The lowest BCUT2D eigenvalue weighted by atomic mass is 10.2. The summed E-state index contributed by atoms with van der Waals surface area (Å²) in [5, 5.41) is 0.662. The van der Waals surface area contributed by atoms with Crippen molar-refractivity contribution in [1.82, 2.24) is 9.29 Å². The number of nitrogens with zero attached hydrogens (tertiary/aromatic N) is 2. The van der Waals surface area contributed by atoms with Gasteiger partial charge in [0.05, 0.1) is 5.52 Å². The molecule has 0 aliphatic carbocycles. The molecular weight excluding hydrogens is 286 g/mol. The number of nitrogens with two attached hydrogens (primary N) is 1. The molecule has 1 unspecified atom stereocenters. The number of nitrogen functional groups attached to an aromatic ring is 1. The Balaban J connectivity index is 2.58. The highest BCUT2D eigenvalue weighted by atomic mass is 32.2. The van der Waals surface area contributed by atoms with E-state index in [9.17, 15) is 8.42 Å². The highest BCUT2D eigenvalue weighted by Gasteiger charge is 2.27. The summed E-state index contributed by atoms with van der Waals surface area (Å²) < 4.78 is 27.1. The monoisotopic (exact) mass is 307 g/mol. The number of fused-ring (bicyclic) bond motifs is 1. The second-order valence-corrected chi connectivity index (χ2v) is 7.18. The minimum absolute atomic E-state index is 0.0590. The second kappa shape index (κ2) is 5.99. The number of benzene rings is 1. The summed E-state index contributed by atoms with van der Waals surface area (Å²) in [7, 11) is -1.98. The van der Waals surface area contributed by atoms with E-state index in [-0.39, 0.29) is 10.9 Å². The maximum Gasteiger partial charge on any atom is 0.245 e. The van der Waals surface area contributed by atoms with Crippen molar-refractivity contribution in [1.29, 1.82) is 0 Å². The van der Waals surface area contributed by atoms with Gasteiger partial charge in [0.1, 0.15) is 4.90 Å². The summed E-state index contributed by atoms with van der Waals surface area (Å²) in [6.45, 7) is 3.95. The summed E-state index contributed by atoms with van der Waals surface area (Å²) in [5.41, 5.74) is 6.86. The van der Waals surface area contributed by atoms with E-state index in [2.05, 4.69) is 4.98 Å². The first kappa shape index (κ1) is 15.7. The van der Waals surface area contributed by atoms with E-state index < -0.39 is 10.0 Å². The molecule has 1 atom stereocenters. The molecule has 0 amide bonds. The van der Waals surface area contributed by atoms with Crippen LogP contribution >= 0.6 is 0 Å². The fourth-order valence-corrected chi connectivity index (χ4v) is 3.91. The van der Waals surface area contributed by atoms with Gasteiger partial charge in [-0.2, -0.15) is 4.31 Å². The van der Waals surface area contributed by atoms with Crippen LogP contribution in [0.25, 0.3) is 10.9 Å². The minimum atomic E-state index is -3.59. The zero-order chi connectivity index (χ0) is 15.6. The molecule has 2 rings (SSSR count). The van der Waals surface area contributed by atoms with Crippen molar-refractivity contribution in [3.8, 4) is 0 Å². The Morgan fingerprint density at radius 1 is 1.33 bits per heavy atom. The third-order valence-electron chi connectivity index (χ3n) is 3.75. The lowest BCUT2D eigenvalue weighted by molar-refractivity contribution is 0.369. The van der Waals surface area contributed by atoms with Crippen LogP contribution in [-0.2, 0) is 10.0 Å². The molecule has 21 heavy (non-hydrogen) atoms. The summed E-state index contributed by atoms with van der Waals surface area (Å²) in [4.78, 5) is 4.42. The van der Waals surface area contributed by atoms with Gasteiger partial charge in [-0.05, 0) is 37.6 Å². The third-order valence-corrected chi connectivity index (χ3v) is 5.75. The van der Waals surface area contributed by atoms with Crippen LogP contribution < -0.4 is 5.73 Å². The van der Waals surface area contributed by atoms with Crippen molar-refractivity contribution in [2.75, 3.05) is 12.8 Å². The van der Waals surface area contributed by atoms with Crippen LogP contribution in [0.2, 0.25) is 0 Å². The molecule has 0 aliphatic rings. The van der Waals surface area contributed by atoms with E-state index in [4.69, 9.17) is 5.73 Å². The summed E-state index contributed by atoms with van der Waals surface area (Å²) in [5.74, 6) is 0. The fraction of sp³-hybridized carbons (Fsp3) is 0.400. The average Bonchev–Trinajstić information content (AvgIpc) is 2.47. The standard InChI is InChI=1S/C15H21N3O2S/c1-4-6-11(2)18(3)21(19,20)14-9-8-13(16)12-7-5-10-17-15(12)14/h5,7-11H,4,6,16H2,1-3H3. The fourth-order valence-electron chi connectivity index (χ4n) is 2.37. The number of hydrogen-bond acceptors (Lipinski definition) is 4. The summed E-state index contributed by atoms with van der Waals surface area (Å²) in [6, 6.07) is 6.63. The van der Waals surface area contributed by atoms with Crippen molar-refractivity contribution in [3.05, 3.63) is 30.5 Å². The number of anilines is 1. The van der Waals surface area contributed by atoms with Crippen LogP contribution in [0.4, 0.5) is 5.69 Å². The van der Waals surface area contributed by atoms with Gasteiger partial charge < -0.3 is 5.73 Å². The molecule has 0 radical (unpaired) electrons. The number of hydrogen-bond donors (Lipinski definition) is 1. The van der Waals surface area contributed by atoms with Crippen LogP contribution in [0.3, 0.4) is 0 Å². The largest absolute Gasteiger partial charge is 0.398 e. The second-order valence-electron chi connectivity index (χ2n) is 5.21. The Morgan fingerprint density at radius 3 is 2.71 bits per heavy atom. The maximum absolute atomic E-state index is 12.8. The highest BCUT2D eigenvalue weighted by molar-refractivity contribution is 7.89. The number of sulfonamides is 1. The molecule has 114 valence electrons. The van der Waals surface area contributed by atoms with E-state index in [0.717, 1.165) is 12.8 Å². The summed E-state index contributed by atoms with van der Waals surface area (Å²) in [6.07, 6.45) is 3.33. The van der Waals surface area contributed by atoms with Gasteiger partial charge in [-0.1, -0.05) is 13.3 Å². The molecule has 2 N–H and O–H groups in total. The molecule has 1 aromatic carbocycles. The van der Waals surface area contributed by atoms with Crippen LogP contribution in [-0.4, -0.2) is 30.8 Å². The van der Waals surface area contributed by atoms with Crippen molar-refractivity contribution in [3.63, 3.8) is 0 Å². The molecule has 0 fully saturated rings. The lowest BCUT2D eigenvalue weighted by Crippen LogP contribution is -2.35. The molecular formula is C15H21N3O2S. The predicted octanol–water partition coefficient (Wildman–Crippen LogP) is 2.63. The Kier molecular flexibility index (Phi) is 4.49.